The van der Waals surface area contributed by atoms with Crippen LogP contribution in [0, 0.1) is 0 Å². The molecule has 2 heterocycles. The smallest absolute Gasteiger partial charge is 0.261 e. The van der Waals surface area contributed by atoms with Crippen molar-refractivity contribution in [1.29, 1.82) is 0 Å². The SMILES string of the molecule is C=CCN1C(=O)c2ccc(C(=O)NCCCN3CCCC[C@H]3C)cc2C1=O. The Balaban J connectivity index is 1.55. The largest absolute Gasteiger partial charge is 0.352 e. The van der Waals surface area contributed by atoms with Crippen LogP contribution >= 0.6 is 0 Å². The van der Waals surface area contributed by atoms with E-state index in [0.717, 1.165) is 24.4 Å². The van der Waals surface area contributed by atoms with Crippen molar-refractivity contribution in [1.82, 2.24) is 15.1 Å². The Morgan fingerprint density at radius 1 is 1.26 bits per heavy atom. The number of piperidine rings is 1. The molecule has 1 aromatic carbocycles. The van der Waals surface area contributed by atoms with Gasteiger partial charge >= 0.3 is 0 Å². The van der Waals surface area contributed by atoms with E-state index < -0.39 is 0 Å². The lowest BCUT2D eigenvalue weighted by Gasteiger charge is -2.33. The highest BCUT2D eigenvalue weighted by Gasteiger charge is 2.35. The van der Waals surface area contributed by atoms with Gasteiger partial charge in [0.25, 0.3) is 17.7 Å². The zero-order valence-electron chi connectivity index (χ0n) is 15.9. The van der Waals surface area contributed by atoms with Crippen LogP contribution in [0.25, 0.3) is 0 Å². The number of carbonyl (C=O) groups is 3. The minimum absolute atomic E-state index is 0.169. The molecule has 0 spiro atoms. The Morgan fingerprint density at radius 2 is 2.04 bits per heavy atom. The third-order valence-electron chi connectivity index (χ3n) is 5.39. The molecule has 3 rings (SSSR count). The number of carbonyl (C=O) groups excluding carboxylic acids is 3. The fourth-order valence-electron chi connectivity index (χ4n) is 3.80. The molecule has 6 nitrogen and oxygen atoms in total. The third-order valence-corrected chi connectivity index (χ3v) is 5.39. The quantitative estimate of drug-likeness (QED) is 0.455. The van der Waals surface area contributed by atoms with E-state index in [4.69, 9.17) is 0 Å². The minimum Gasteiger partial charge on any atom is -0.352 e. The van der Waals surface area contributed by atoms with Crippen molar-refractivity contribution < 1.29 is 14.4 Å². The van der Waals surface area contributed by atoms with E-state index in [9.17, 15) is 14.4 Å². The number of fused-ring (bicyclic) bond motifs is 1. The summed E-state index contributed by atoms with van der Waals surface area (Å²) < 4.78 is 0. The molecule has 0 radical (unpaired) electrons. The van der Waals surface area contributed by atoms with Crippen LogP contribution in [0.5, 0.6) is 0 Å². The zero-order valence-corrected chi connectivity index (χ0v) is 15.9. The predicted molar refractivity (Wildman–Crippen MR) is 104 cm³/mol. The van der Waals surface area contributed by atoms with Gasteiger partial charge in [-0.3, -0.25) is 19.3 Å². The summed E-state index contributed by atoms with van der Waals surface area (Å²) in [4.78, 5) is 40.6. The molecule has 144 valence electrons. The molecule has 2 aliphatic heterocycles. The van der Waals surface area contributed by atoms with Crippen molar-refractivity contribution in [3.63, 3.8) is 0 Å². The molecular weight excluding hydrogens is 342 g/mol. The summed E-state index contributed by atoms with van der Waals surface area (Å²) in [7, 11) is 0. The fraction of sp³-hybridized carbons (Fsp3) is 0.476. The summed E-state index contributed by atoms with van der Waals surface area (Å²) in [5, 5.41) is 2.92. The van der Waals surface area contributed by atoms with Gasteiger partial charge in [0.05, 0.1) is 11.1 Å². The van der Waals surface area contributed by atoms with Gasteiger partial charge in [0, 0.05) is 31.2 Å². The van der Waals surface area contributed by atoms with Gasteiger partial charge in [0.2, 0.25) is 0 Å². The van der Waals surface area contributed by atoms with Crippen LogP contribution in [0.4, 0.5) is 0 Å². The van der Waals surface area contributed by atoms with E-state index in [1.165, 1.54) is 31.4 Å². The third kappa shape index (κ3) is 4.11. The number of imide groups is 1. The molecule has 3 amide bonds. The Labute approximate surface area is 160 Å². The van der Waals surface area contributed by atoms with E-state index >= 15 is 0 Å². The maximum Gasteiger partial charge on any atom is 0.261 e. The van der Waals surface area contributed by atoms with Crippen LogP contribution in [-0.4, -0.2) is 59.7 Å². The van der Waals surface area contributed by atoms with Crippen LogP contribution in [0.15, 0.2) is 30.9 Å². The Bertz CT molecular complexity index is 759. The molecule has 0 unspecified atom stereocenters. The van der Waals surface area contributed by atoms with Gasteiger partial charge in [0.15, 0.2) is 0 Å². The maximum atomic E-state index is 12.4. The average Bonchev–Trinajstić information content (AvgIpc) is 2.91. The summed E-state index contributed by atoms with van der Waals surface area (Å²) in [6, 6.07) is 5.29. The Hall–Kier alpha value is -2.47. The predicted octanol–water partition coefficient (Wildman–Crippen LogP) is 2.46. The normalized spacial score (nSPS) is 19.9. The lowest BCUT2D eigenvalue weighted by atomic mass is 10.0. The van der Waals surface area contributed by atoms with Crippen LogP contribution in [-0.2, 0) is 0 Å². The molecule has 1 atom stereocenters. The second-order valence-corrected chi connectivity index (χ2v) is 7.26. The lowest BCUT2D eigenvalue weighted by Crippen LogP contribution is -2.39. The van der Waals surface area contributed by atoms with E-state index in [2.05, 4.69) is 23.7 Å². The fourth-order valence-corrected chi connectivity index (χ4v) is 3.80. The summed E-state index contributed by atoms with van der Waals surface area (Å²) in [5.74, 6) is -0.923. The van der Waals surface area contributed by atoms with Gasteiger partial charge in [-0.1, -0.05) is 12.5 Å². The topological polar surface area (TPSA) is 69.7 Å². The van der Waals surface area contributed by atoms with E-state index in [-0.39, 0.29) is 29.8 Å². The molecule has 1 fully saturated rings. The number of nitrogens with zero attached hydrogens (tertiary/aromatic N) is 2. The van der Waals surface area contributed by atoms with Crippen molar-refractivity contribution >= 4 is 17.7 Å². The van der Waals surface area contributed by atoms with Crippen LogP contribution < -0.4 is 5.32 Å². The Morgan fingerprint density at radius 3 is 2.78 bits per heavy atom. The summed E-state index contributed by atoms with van der Waals surface area (Å²) in [5.41, 5.74) is 1.04. The highest BCUT2D eigenvalue weighted by Crippen LogP contribution is 2.24. The first-order valence-corrected chi connectivity index (χ1v) is 9.66. The number of hydrogen-bond donors (Lipinski definition) is 1. The second-order valence-electron chi connectivity index (χ2n) is 7.26. The minimum atomic E-state index is -0.372. The van der Waals surface area contributed by atoms with Gasteiger partial charge in [-0.25, -0.2) is 0 Å². The first-order valence-electron chi connectivity index (χ1n) is 9.66. The molecule has 0 aromatic heterocycles. The van der Waals surface area contributed by atoms with Crippen LogP contribution in [0.3, 0.4) is 0 Å². The van der Waals surface area contributed by atoms with Gasteiger partial charge in [-0.2, -0.15) is 0 Å². The monoisotopic (exact) mass is 369 g/mol. The molecule has 0 bridgehead atoms. The van der Waals surface area contributed by atoms with E-state index in [1.807, 2.05) is 0 Å². The molecule has 27 heavy (non-hydrogen) atoms. The Kier molecular flexibility index (Phi) is 6.06. The summed E-state index contributed by atoms with van der Waals surface area (Å²) >= 11 is 0. The molecule has 1 N–H and O–H groups in total. The summed E-state index contributed by atoms with van der Waals surface area (Å²) in [6.07, 6.45) is 6.21. The average molecular weight is 369 g/mol. The zero-order chi connectivity index (χ0) is 19.4. The van der Waals surface area contributed by atoms with Crippen molar-refractivity contribution in [3.05, 3.63) is 47.5 Å². The number of hydrogen-bond acceptors (Lipinski definition) is 4. The number of rotatable bonds is 7. The number of likely N-dealkylation sites (tertiary alicyclic amines) is 1. The first-order chi connectivity index (χ1) is 13.0. The van der Waals surface area contributed by atoms with Gasteiger partial charge in [-0.05, 0) is 50.9 Å². The molecule has 6 heteroatoms. The standard InChI is InChI=1S/C21H27N3O3/c1-3-11-24-20(26)17-9-8-16(14-18(17)21(24)27)19(25)22-10-6-13-23-12-5-4-7-15(23)2/h3,8-9,14-15H,1,4-7,10-13H2,2H3,(H,22,25)/t15-/m1/s1. The van der Waals surface area contributed by atoms with E-state index in [1.54, 1.807) is 12.1 Å². The van der Waals surface area contributed by atoms with Crippen LogP contribution in [0.2, 0.25) is 0 Å². The molecule has 1 saturated heterocycles. The molecule has 1 aromatic rings. The van der Waals surface area contributed by atoms with Crippen molar-refractivity contribution in [3.8, 4) is 0 Å². The molecular formula is C21H27N3O3. The van der Waals surface area contributed by atoms with Gasteiger partial charge < -0.3 is 10.2 Å². The van der Waals surface area contributed by atoms with Gasteiger partial charge in [0.1, 0.15) is 0 Å². The van der Waals surface area contributed by atoms with E-state index in [0.29, 0.717) is 23.7 Å². The second kappa shape index (κ2) is 8.48. The number of benzene rings is 1. The molecule has 2 aliphatic rings. The van der Waals surface area contributed by atoms with Crippen molar-refractivity contribution in [2.75, 3.05) is 26.2 Å². The van der Waals surface area contributed by atoms with Crippen LogP contribution in [0.1, 0.15) is 63.7 Å². The summed E-state index contributed by atoms with van der Waals surface area (Å²) in [6.45, 7) is 8.71. The highest BCUT2D eigenvalue weighted by molar-refractivity contribution is 6.22. The lowest BCUT2D eigenvalue weighted by molar-refractivity contribution is 0.0672. The highest BCUT2D eigenvalue weighted by atomic mass is 16.2. The van der Waals surface area contributed by atoms with Crippen molar-refractivity contribution in [2.24, 2.45) is 0 Å². The number of nitrogens with one attached hydrogen (secondary N) is 1. The number of amides is 3. The van der Waals surface area contributed by atoms with Gasteiger partial charge in [-0.15, -0.1) is 6.58 Å². The van der Waals surface area contributed by atoms with Crippen molar-refractivity contribution in [2.45, 2.75) is 38.6 Å². The first kappa shape index (κ1) is 19.3. The maximum absolute atomic E-state index is 12.4. The molecule has 0 saturated carbocycles. The molecule has 0 aliphatic carbocycles.